The Morgan fingerprint density at radius 1 is 0.909 bits per heavy atom. The van der Waals surface area contributed by atoms with Gasteiger partial charge >= 0.3 is 0 Å². The molecule has 0 N–H and O–H groups in total. The topological polar surface area (TPSA) is 17.1 Å². The van der Waals surface area contributed by atoms with Crippen LogP contribution in [-0.2, 0) is 0 Å². The predicted molar refractivity (Wildman–Crippen MR) is 96.6 cm³/mol. The van der Waals surface area contributed by atoms with Crippen molar-refractivity contribution in [2.75, 3.05) is 0 Å². The number of aryl methyl sites for hydroxylation is 2. The van der Waals surface area contributed by atoms with E-state index in [1.807, 2.05) is 30.3 Å². The van der Waals surface area contributed by atoms with Crippen molar-refractivity contribution in [1.82, 2.24) is 0 Å². The summed E-state index contributed by atoms with van der Waals surface area (Å²) >= 11 is 3.39. The van der Waals surface area contributed by atoms with Crippen molar-refractivity contribution in [3.05, 3.63) is 69.4 Å². The van der Waals surface area contributed by atoms with E-state index in [-0.39, 0.29) is 5.78 Å². The largest absolute Gasteiger partial charge is 0.288 e. The Morgan fingerprint density at radius 3 is 2.41 bits per heavy atom. The summed E-state index contributed by atoms with van der Waals surface area (Å²) in [7, 11) is 0. The summed E-state index contributed by atoms with van der Waals surface area (Å²) in [6, 6.07) is 13.8. The van der Waals surface area contributed by atoms with Crippen LogP contribution in [0.4, 0.5) is 0 Å². The van der Waals surface area contributed by atoms with Crippen LogP contribution >= 0.6 is 22.7 Å². The normalized spacial score (nSPS) is 11.4. The fraction of sp³-hybridized carbons (Fsp3) is 0.105. The number of carbonyl (C=O) groups is 1. The number of hydrogen-bond acceptors (Lipinski definition) is 3. The maximum absolute atomic E-state index is 12.7. The average molecular weight is 322 g/mol. The summed E-state index contributed by atoms with van der Waals surface area (Å²) in [6.45, 7) is 4.31. The zero-order valence-corrected chi connectivity index (χ0v) is 14.0. The molecule has 0 radical (unpaired) electrons. The van der Waals surface area contributed by atoms with Gasteiger partial charge in [0, 0.05) is 15.0 Å². The molecule has 1 nitrogen and oxygen atoms in total. The highest BCUT2D eigenvalue weighted by atomic mass is 32.1. The van der Waals surface area contributed by atoms with Gasteiger partial charge in [-0.2, -0.15) is 0 Å². The molecule has 2 aromatic carbocycles. The van der Waals surface area contributed by atoms with Crippen LogP contribution in [0.1, 0.15) is 26.4 Å². The Morgan fingerprint density at radius 2 is 1.64 bits per heavy atom. The molecule has 0 amide bonds. The van der Waals surface area contributed by atoms with Crippen molar-refractivity contribution >= 4 is 48.6 Å². The summed E-state index contributed by atoms with van der Waals surface area (Å²) in [5.74, 6) is 0.115. The van der Waals surface area contributed by atoms with Gasteiger partial charge in [-0.1, -0.05) is 30.3 Å². The van der Waals surface area contributed by atoms with Crippen LogP contribution in [0, 0.1) is 13.8 Å². The molecular weight excluding hydrogens is 308 g/mol. The molecular formula is C19H14OS2. The Kier molecular flexibility index (Phi) is 3.13. The number of ketones is 1. The van der Waals surface area contributed by atoms with Crippen LogP contribution < -0.4 is 0 Å². The summed E-state index contributed by atoms with van der Waals surface area (Å²) in [5.41, 5.74) is 3.33. The van der Waals surface area contributed by atoms with E-state index in [4.69, 9.17) is 0 Å². The zero-order chi connectivity index (χ0) is 15.3. The van der Waals surface area contributed by atoms with Gasteiger partial charge in [-0.05, 0) is 53.3 Å². The molecule has 22 heavy (non-hydrogen) atoms. The number of thiophene rings is 2. The predicted octanol–water partition coefficient (Wildman–Crippen LogP) is 5.96. The first kappa shape index (κ1) is 13.7. The first-order chi connectivity index (χ1) is 10.7. The van der Waals surface area contributed by atoms with Crippen molar-refractivity contribution < 1.29 is 4.79 Å². The van der Waals surface area contributed by atoms with E-state index in [0.717, 1.165) is 10.4 Å². The lowest BCUT2D eigenvalue weighted by molar-refractivity contribution is 0.104. The van der Waals surface area contributed by atoms with Crippen LogP contribution in [0.5, 0.6) is 0 Å². The van der Waals surface area contributed by atoms with Crippen molar-refractivity contribution in [3.63, 3.8) is 0 Å². The van der Waals surface area contributed by atoms with E-state index in [1.54, 1.807) is 22.7 Å². The van der Waals surface area contributed by atoms with E-state index in [1.165, 1.54) is 31.3 Å². The molecule has 0 saturated carbocycles. The summed E-state index contributed by atoms with van der Waals surface area (Å²) in [6.07, 6.45) is 0. The standard InChI is InChI=1S/C19H14OS2/c1-11-14-8-9-21-18(14)12(2)15-10-16(22-19(11)15)17(20)13-6-4-3-5-7-13/h3-10H,1-2H3. The molecule has 0 aliphatic heterocycles. The number of rotatable bonds is 2. The van der Waals surface area contributed by atoms with Crippen LogP contribution in [0.25, 0.3) is 20.2 Å². The van der Waals surface area contributed by atoms with E-state index in [0.29, 0.717) is 0 Å². The third-order valence-electron chi connectivity index (χ3n) is 4.15. The lowest BCUT2D eigenvalue weighted by Gasteiger charge is -2.03. The van der Waals surface area contributed by atoms with Gasteiger partial charge in [0.2, 0.25) is 5.78 Å². The number of hydrogen-bond donors (Lipinski definition) is 0. The van der Waals surface area contributed by atoms with E-state index >= 15 is 0 Å². The second kappa shape index (κ2) is 5.04. The van der Waals surface area contributed by atoms with Crippen molar-refractivity contribution in [3.8, 4) is 0 Å². The first-order valence-electron chi connectivity index (χ1n) is 7.16. The molecule has 3 heteroatoms. The highest BCUT2D eigenvalue weighted by Crippen LogP contribution is 2.39. The third-order valence-corrected chi connectivity index (χ3v) is 6.43. The molecule has 0 bridgehead atoms. The Labute approximate surface area is 136 Å². The summed E-state index contributed by atoms with van der Waals surface area (Å²) < 4.78 is 2.57. The van der Waals surface area contributed by atoms with Gasteiger partial charge in [-0.15, -0.1) is 22.7 Å². The minimum absolute atomic E-state index is 0.115. The molecule has 4 rings (SSSR count). The Hall–Kier alpha value is -1.97. The van der Waals surface area contributed by atoms with Gasteiger partial charge in [0.1, 0.15) is 0 Å². The summed E-state index contributed by atoms with van der Waals surface area (Å²) in [4.78, 5) is 13.5. The molecule has 0 atom stereocenters. The van der Waals surface area contributed by atoms with Gasteiger partial charge in [0.25, 0.3) is 0 Å². The lowest BCUT2D eigenvalue weighted by Crippen LogP contribution is -1.97. The minimum Gasteiger partial charge on any atom is -0.288 e. The van der Waals surface area contributed by atoms with Crippen LogP contribution in [0.3, 0.4) is 0 Å². The maximum atomic E-state index is 12.7. The van der Waals surface area contributed by atoms with Gasteiger partial charge in [0.05, 0.1) is 4.88 Å². The minimum atomic E-state index is 0.115. The molecule has 108 valence electrons. The van der Waals surface area contributed by atoms with Crippen LogP contribution in [-0.4, -0.2) is 5.78 Å². The first-order valence-corrected chi connectivity index (χ1v) is 8.86. The molecule has 4 aromatic rings. The van der Waals surface area contributed by atoms with Gasteiger partial charge in [-0.25, -0.2) is 0 Å². The second-order valence-electron chi connectivity index (χ2n) is 5.46. The van der Waals surface area contributed by atoms with E-state index in [2.05, 4.69) is 31.4 Å². The monoisotopic (exact) mass is 322 g/mol. The zero-order valence-electron chi connectivity index (χ0n) is 12.3. The smallest absolute Gasteiger partial charge is 0.202 e. The highest BCUT2D eigenvalue weighted by molar-refractivity contribution is 7.22. The Bertz CT molecular complexity index is 952. The van der Waals surface area contributed by atoms with Gasteiger partial charge in [0.15, 0.2) is 0 Å². The molecule has 0 spiro atoms. The molecule has 2 aromatic heterocycles. The van der Waals surface area contributed by atoms with Crippen LogP contribution in [0.15, 0.2) is 47.8 Å². The van der Waals surface area contributed by atoms with Gasteiger partial charge in [-0.3, -0.25) is 4.79 Å². The summed E-state index contributed by atoms with van der Waals surface area (Å²) in [5, 5.41) is 4.68. The molecule has 0 aliphatic carbocycles. The van der Waals surface area contributed by atoms with Crippen molar-refractivity contribution in [1.29, 1.82) is 0 Å². The van der Waals surface area contributed by atoms with Crippen molar-refractivity contribution in [2.45, 2.75) is 13.8 Å². The lowest BCUT2D eigenvalue weighted by atomic mass is 10.0. The molecule has 0 saturated heterocycles. The third kappa shape index (κ3) is 1.93. The fourth-order valence-corrected chi connectivity index (χ4v) is 5.10. The number of benzene rings is 2. The van der Waals surface area contributed by atoms with Crippen molar-refractivity contribution in [2.24, 2.45) is 0 Å². The molecule has 2 heterocycles. The molecule has 0 fully saturated rings. The number of carbonyl (C=O) groups excluding carboxylic acids is 1. The second-order valence-corrected chi connectivity index (χ2v) is 7.43. The SMILES string of the molecule is Cc1c2cc(C(=O)c3ccccc3)sc2c(C)c2ccsc12. The quantitative estimate of drug-likeness (QED) is 0.416. The maximum Gasteiger partial charge on any atom is 0.202 e. The molecule has 0 unspecified atom stereocenters. The molecule has 0 aliphatic rings. The van der Waals surface area contributed by atoms with E-state index < -0.39 is 0 Å². The Balaban J connectivity index is 1.96. The average Bonchev–Trinajstić information content (AvgIpc) is 3.20. The van der Waals surface area contributed by atoms with Gasteiger partial charge < -0.3 is 0 Å². The fourth-order valence-electron chi connectivity index (χ4n) is 2.93. The highest BCUT2D eigenvalue weighted by Gasteiger charge is 2.17. The van der Waals surface area contributed by atoms with Crippen LogP contribution in [0.2, 0.25) is 0 Å². The van der Waals surface area contributed by atoms with E-state index in [9.17, 15) is 4.79 Å². The number of fused-ring (bicyclic) bond motifs is 2.